The molecular weight excluding hydrogens is 350 g/mol. The van der Waals surface area contributed by atoms with E-state index in [0.717, 1.165) is 17.3 Å². The molecule has 0 aliphatic heterocycles. The van der Waals surface area contributed by atoms with Crippen LogP contribution in [0.1, 0.15) is 32.6 Å². The lowest BCUT2D eigenvalue weighted by atomic mass is 10.0. The van der Waals surface area contributed by atoms with Gasteiger partial charge < -0.3 is 0 Å². The van der Waals surface area contributed by atoms with Crippen LogP contribution in [0.3, 0.4) is 0 Å². The molecule has 1 aliphatic rings. The molecule has 1 unspecified atom stereocenters. The van der Waals surface area contributed by atoms with Gasteiger partial charge in [0, 0.05) is 10.5 Å². The smallest absolute Gasteiger partial charge is 0.208 e. The van der Waals surface area contributed by atoms with Crippen LogP contribution in [0.5, 0.6) is 0 Å². The number of hydrogen-bond acceptors (Lipinski definition) is 2. The van der Waals surface area contributed by atoms with E-state index in [1.165, 1.54) is 18.9 Å². The van der Waals surface area contributed by atoms with E-state index < -0.39 is 10.0 Å². The van der Waals surface area contributed by atoms with Crippen molar-refractivity contribution in [3.63, 3.8) is 0 Å². The molecule has 1 fully saturated rings. The summed E-state index contributed by atoms with van der Waals surface area (Å²) in [5.41, 5.74) is 0. The molecule has 106 valence electrons. The van der Waals surface area contributed by atoms with E-state index >= 15 is 0 Å². The van der Waals surface area contributed by atoms with Gasteiger partial charge in [-0.15, -0.1) is 0 Å². The summed E-state index contributed by atoms with van der Waals surface area (Å²) in [6.45, 7) is 1.93. The van der Waals surface area contributed by atoms with Crippen LogP contribution in [0.2, 0.25) is 5.02 Å². The zero-order chi connectivity index (χ0) is 14.0. The zero-order valence-corrected chi connectivity index (χ0v) is 13.9. The van der Waals surface area contributed by atoms with Gasteiger partial charge in [-0.05, 0) is 43.9 Å². The van der Waals surface area contributed by atoms with Crippen LogP contribution in [0, 0.1) is 5.92 Å². The second-order valence-corrected chi connectivity index (χ2v) is 8.03. The van der Waals surface area contributed by atoms with Crippen LogP contribution in [0.4, 0.5) is 0 Å². The molecular formula is C13H17BrClNO2S. The highest BCUT2D eigenvalue weighted by atomic mass is 79.9. The summed E-state index contributed by atoms with van der Waals surface area (Å²) in [4.78, 5) is 0.141. The molecule has 0 radical (unpaired) electrons. The Bertz CT molecular complexity index is 556. The third kappa shape index (κ3) is 3.72. The van der Waals surface area contributed by atoms with Crippen LogP contribution in [-0.4, -0.2) is 14.5 Å². The summed E-state index contributed by atoms with van der Waals surface area (Å²) < 4.78 is 28.2. The lowest BCUT2D eigenvalue weighted by molar-refractivity contribution is 0.424. The quantitative estimate of drug-likeness (QED) is 0.876. The van der Waals surface area contributed by atoms with E-state index in [2.05, 4.69) is 20.7 Å². The number of benzene rings is 1. The van der Waals surface area contributed by atoms with Crippen LogP contribution in [0.25, 0.3) is 0 Å². The standard InChI is InChI=1S/C13H17BrClNO2S/c1-9(10-4-2-3-5-10)16-19(17,18)13-7-6-11(14)8-12(13)15/h6-10,16H,2-5H2,1H3. The molecule has 3 nitrogen and oxygen atoms in total. The molecule has 1 N–H and O–H groups in total. The number of hydrogen-bond donors (Lipinski definition) is 1. The van der Waals surface area contributed by atoms with E-state index in [9.17, 15) is 8.42 Å². The third-order valence-electron chi connectivity index (χ3n) is 3.63. The molecule has 0 heterocycles. The molecule has 0 spiro atoms. The van der Waals surface area contributed by atoms with E-state index in [-0.39, 0.29) is 16.0 Å². The van der Waals surface area contributed by atoms with Crippen molar-refractivity contribution in [3.8, 4) is 0 Å². The summed E-state index contributed by atoms with van der Waals surface area (Å²) in [6, 6.07) is 4.75. The van der Waals surface area contributed by atoms with Gasteiger partial charge in [-0.1, -0.05) is 40.4 Å². The molecule has 0 amide bonds. The number of sulfonamides is 1. The van der Waals surface area contributed by atoms with Crippen molar-refractivity contribution < 1.29 is 8.42 Å². The fourth-order valence-electron chi connectivity index (χ4n) is 2.55. The average Bonchev–Trinajstić information content (AvgIpc) is 2.80. The van der Waals surface area contributed by atoms with Gasteiger partial charge in [0.05, 0.1) is 5.02 Å². The fourth-order valence-corrected chi connectivity index (χ4v) is 4.90. The van der Waals surface area contributed by atoms with Crippen molar-refractivity contribution in [2.24, 2.45) is 5.92 Å². The van der Waals surface area contributed by atoms with Gasteiger partial charge in [0.2, 0.25) is 10.0 Å². The lowest BCUT2D eigenvalue weighted by Gasteiger charge is -2.20. The van der Waals surface area contributed by atoms with Crippen molar-refractivity contribution in [1.29, 1.82) is 0 Å². The minimum Gasteiger partial charge on any atom is -0.208 e. The van der Waals surface area contributed by atoms with E-state index in [1.807, 2.05) is 6.92 Å². The van der Waals surface area contributed by atoms with Gasteiger partial charge in [0.1, 0.15) is 4.90 Å². The SMILES string of the molecule is CC(NS(=O)(=O)c1ccc(Br)cc1Cl)C1CCCC1. The van der Waals surface area contributed by atoms with Gasteiger partial charge in [0.15, 0.2) is 0 Å². The number of rotatable bonds is 4. The molecule has 19 heavy (non-hydrogen) atoms. The molecule has 1 saturated carbocycles. The summed E-state index contributed by atoms with van der Waals surface area (Å²) in [5, 5.41) is 0.237. The van der Waals surface area contributed by atoms with E-state index in [0.29, 0.717) is 5.92 Å². The zero-order valence-electron chi connectivity index (χ0n) is 10.7. The van der Waals surface area contributed by atoms with Crippen LogP contribution < -0.4 is 4.72 Å². The Hall–Kier alpha value is -0.100. The molecule has 1 aliphatic carbocycles. The van der Waals surface area contributed by atoms with Crippen molar-refractivity contribution in [1.82, 2.24) is 4.72 Å². The van der Waals surface area contributed by atoms with Crippen molar-refractivity contribution in [3.05, 3.63) is 27.7 Å². The van der Waals surface area contributed by atoms with Crippen LogP contribution in [-0.2, 0) is 10.0 Å². The number of halogens is 2. The monoisotopic (exact) mass is 365 g/mol. The minimum absolute atomic E-state index is 0.0489. The molecule has 2 rings (SSSR count). The largest absolute Gasteiger partial charge is 0.242 e. The lowest BCUT2D eigenvalue weighted by Crippen LogP contribution is -2.37. The Morgan fingerprint density at radius 2 is 2.00 bits per heavy atom. The first-order valence-corrected chi connectivity index (χ1v) is 9.03. The summed E-state index contributed by atoms with van der Waals surface area (Å²) >= 11 is 9.28. The Balaban J connectivity index is 2.17. The van der Waals surface area contributed by atoms with Gasteiger partial charge in [-0.25, -0.2) is 13.1 Å². The highest BCUT2D eigenvalue weighted by Gasteiger charge is 2.27. The van der Waals surface area contributed by atoms with Crippen molar-refractivity contribution >= 4 is 37.6 Å². The summed E-state index contributed by atoms with van der Waals surface area (Å²) in [7, 11) is -3.55. The molecule has 1 aromatic carbocycles. The van der Waals surface area contributed by atoms with Crippen molar-refractivity contribution in [2.75, 3.05) is 0 Å². The van der Waals surface area contributed by atoms with E-state index in [1.54, 1.807) is 12.1 Å². The maximum Gasteiger partial charge on any atom is 0.242 e. The van der Waals surface area contributed by atoms with Crippen molar-refractivity contribution in [2.45, 2.75) is 43.5 Å². The Kier molecular flexibility index (Phi) is 4.93. The topological polar surface area (TPSA) is 46.2 Å². The van der Waals surface area contributed by atoms with Gasteiger partial charge in [0.25, 0.3) is 0 Å². The fraction of sp³-hybridized carbons (Fsp3) is 0.538. The Labute approximate surface area is 127 Å². The maximum atomic E-state index is 12.3. The predicted octanol–water partition coefficient (Wildman–Crippen LogP) is 3.96. The molecule has 1 aromatic rings. The molecule has 0 saturated heterocycles. The summed E-state index contributed by atoms with van der Waals surface area (Å²) in [5.74, 6) is 0.434. The average molecular weight is 367 g/mol. The molecule has 1 atom stereocenters. The van der Waals surface area contributed by atoms with Gasteiger partial charge in [-0.2, -0.15) is 0 Å². The first kappa shape index (κ1) is 15.3. The number of nitrogens with one attached hydrogen (secondary N) is 1. The van der Waals surface area contributed by atoms with Gasteiger partial charge >= 0.3 is 0 Å². The summed E-state index contributed by atoms with van der Waals surface area (Å²) in [6.07, 6.45) is 4.57. The van der Waals surface area contributed by atoms with Crippen LogP contribution >= 0.6 is 27.5 Å². The molecule has 0 aromatic heterocycles. The first-order valence-electron chi connectivity index (χ1n) is 6.37. The normalized spacial score (nSPS) is 18.7. The molecule has 0 bridgehead atoms. The third-order valence-corrected chi connectivity index (χ3v) is 6.17. The molecule has 6 heteroatoms. The predicted molar refractivity (Wildman–Crippen MR) is 80.9 cm³/mol. The van der Waals surface area contributed by atoms with Crippen LogP contribution in [0.15, 0.2) is 27.6 Å². The highest BCUT2D eigenvalue weighted by Crippen LogP contribution is 2.30. The second-order valence-electron chi connectivity index (χ2n) is 5.03. The Morgan fingerprint density at radius 1 is 1.37 bits per heavy atom. The second kappa shape index (κ2) is 6.12. The van der Waals surface area contributed by atoms with Gasteiger partial charge in [-0.3, -0.25) is 0 Å². The first-order chi connectivity index (χ1) is 8.90. The van der Waals surface area contributed by atoms with E-state index in [4.69, 9.17) is 11.6 Å². The maximum absolute atomic E-state index is 12.3. The Morgan fingerprint density at radius 3 is 2.58 bits per heavy atom. The highest BCUT2D eigenvalue weighted by molar-refractivity contribution is 9.10. The minimum atomic E-state index is -3.55.